The van der Waals surface area contributed by atoms with Gasteiger partial charge in [-0.25, -0.2) is 9.97 Å². The second kappa shape index (κ2) is 7.56. The Kier molecular flexibility index (Phi) is 5.24. The summed E-state index contributed by atoms with van der Waals surface area (Å²) in [4.78, 5) is 19.7. The number of morpholine rings is 1. The van der Waals surface area contributed by atoms with Crippen LogP contribution in [0.1, 0.15) is 0 Å². The normalized spacial score (nSPS) is 24.0. The van der Waals surface area contributed by atoms with Crippen molar-refractivity contribution in [2.24, 2.45) is 10.7 Å². The maximum absolute atomic E-state index is 6.14. The molecule has 2 aliphatic rings. The van der Waals surface area contributed by atoms with Gasteiger partial charge < -0.3 is 25.2 Å². The first kappa shape index (κ1) is 15.9. The molecule has 2 N–H and O–H groups in total. The number of guanidine groups is 1. The largest absolute Gasteiger partial charge is 0.374 e. The number of ether oxygens (including phenoxy) is 1. The van der Waals surface area contributed by atoms with Crippen LogP contribution in [0, 0.1) is 0 Å². The van der Waals surface area contributed by atoms with Crippen molar-refractivity contribution in [1.29, 1.82) is 0 Å². The Morgan fingerprint density at radius 1 is 1.26 bits per heavy atom. The number of rotatable bonds is 3. The fourth-order valence-electron chi connectivity index (χ4n) is 2.86. The van der Waals surface area contributed by atoms with Crippen LogP contribution in [0.4, 0.5) is 5.95 Å². The Balaban J connectivity index is 1.48. The summed E-state index contributed by atoms with van der Waals surface area (Å²) in [6.45, 7) is 6.66. The summed E-state index contributed by atoms with van der Waals surface area (Å²) in [5.74, 6) is 1.39. The first-order valence-electron chi connectivity index (χ1n) is 8.09. The van der Waals surface area contributed by atoms with Gasteiger partial charge in [0.05, 0.1) is 19.3 Å². The van der Waals surface area contributed by atoms with Crippen molar-refractivity contribution in [3.8, 4) is 0 Å². The van der Waals surface area contributed by atoms with E-state index in [9.17, 15) is 0 Å². The van der Waals surface area contributed by atoms with E-state index in [0.29, 0.717) is 12.5 Å². The van der Waals surface area contributed by atoms with E-state index in [0.717, 1.165) is 51.8 Å². The molecule has 0 radical (unpaired) electrons. The van der Waals surface area contributed by atoms with E-state index in [1.165, 1.54) is 0 Å². The van der Waals surface area contributed by atoms with E-state index in [1.54, 1.807) is 12.4 Å². The maximum atomic E-state index is 6.14. The zero-order valence-electron chi connectivity index (χ0n) is 13.6. The minimum Gasteiger partial charge on any atom is -0.374 e. The average Bonchev–Trinajstić information content (AvgIpc) is 2.61. The molecule has 0 amide bonds. The highest BCUT2D eigenvalue weighted by Gasteiger charge is 2.21. The van der Waals surface area contributed by atoms with Crippen molar-refractivity contribution in [3.63, 3.8) is 0 Å². The van der Waals surface area contributed by atoms with Gasteiger partial charge in [-0.15, -0.1) is 0 Å². The molecule has 1 aromatic heterocycles. The Hall–Kier alpha value is -1.93. The number of nitrogens with zero attached hydrogens (tertiary/aromatic N) is 6. The molecular formula is C15H25N7O. The van der Waals surface area contributed by atoms with Gasteiger partial charge in [0.15, 0.2) is 5.96 Å². The number of aromatic nitrogens is 2. The third-order valence-electron chi connectivity index (χ3n) is 4.24. The predicted octanol–water partition coefficient (Wildman–Crippen LogP) is -0.756. The second-order valence-electron chi connectivity index (χ2n) is 5.98. The summed E-state index contributed by atoms with van der Waals surface area (Å²) >= 11 is 0. The van der Waals surface area contributed by atoms with Crippen LogP contribution in [-0.4, -0.2) is 91.3 Å². The number of aliphatic imine (C=N–C) groups is 1. The van der Waals surface area contributed by atoms with Crippen molar-refractivity contribution in [3.05, 3.63) is 18.5 Å². The predicted molar refractivity (Wildman–Crippen MR) is 89.5 cm³/mol. The van der Waals surface area contributed by atoms with Gasteiger partial charge in [-0.2, -0.15) is 0 Å². The highest BCUT2D eigenvalue weighted by Crippen LogP contribution is 2.10. The first-order valence-corrected chi connectivity index (χ1v) is 8.09. The number of hydrogen-bond donors (Lipinski definition) is 1. The number of anilines is 1. The van der Waals surface area contributed by atoms with Crippen LogP contribution >= 0.6 is 0 Å². The van der Waals surface area contributed by atoms with Gasteiger partial charge in [-0.05, 0) is 13.1 Å². The third-order valence-corrected chi connectivity index (χ3v) is 4.24. The molecule has 0 spiro atoms. The topological polar surface area (TPSA) is 83.1 Å². The molecule has 8 heteroatoms. The summed E-state index contributed by atoms with van der Waals surface area (Å²) < 4.78 is 5.71. The molecule has 0 saturated carbocycles. The van der Waals surface area contributed by atoms with Crippen LogP contribution in [0.2, 0.25) is 0 Å². The lowest BCUT2D eigenvalue weighted by molar-refractivity contribution is -0.0137. The van der Waals surface area contributed by atoms with E-state index in [-0.39, 0.29) is 6.10 Å². The lowest BCUT2D eigenvalue weighted by atomic mass is 10.3. The zero-order valence-corrected chi connectivity index (χ0v) is 13.6. The molecule has 0 aliphatic carbocycles. The second-order valence-corrected chi connectivity index (χ2v) is 5.98. The summed E-state index contributed by atoms with van der Waals surface area (Å²) in [6, 6.07) is 1.83. The smallest absolute Gasteiger partial charge is 0.225 e. The SMILES string of the molecule is CN1CCOC(CN=C(N)N2CCN(c3ncccn3)CC2)C1. The van der Waals surface area contributed by atoms with E-state index in [2.05, 4.69) is 36.7 Å². The van der Waals surface area contributed by atoms with Crippen LogP contribution in [0.3, 0.4) is 0 Å². The first-order chi connectivity index (χ1) is 11.2. The van der Waals surface area contributed by atoms with Gasteiger partial charge in [-0.1, -0.05) is 0 Å². The molecule has 3 rings (SSSR count). The van der Waals surface area contributed by atoms with Crippen LogP contribution in [0.25, 0.3) is 0 Å². The molecular weight excluding hydrogens is 294 g/mol. The molecule has 0 bridgehead atoms. The molecule has 2 fully saturated rings. The van der Waals surface area contributed by atoms with Crippen LogP contribution in [-0.2, 0) is 4.74 Å². The van der Waals surface area contributed by atoms with Gasteiger partial charge in [-0.3, -0.25) is 4.99 Å². The molecule has 1 unspecified atom stereocenters. The number of likely N-dealkylation sites (N-methyl/N-ethyl adjacent to an activating group) is 1. The molecule has 1 atom stereocenters. The number of hydrogen-bond acceptors (Lipinski definition) is 6. The standard InChI is InChI=1S/C15H25N7O/c1-20-9-10-23-13(12-20)11-19-14(16)21-5-7-22(8-6-21)15-17-3-2-4-18-15/h2-4,13H,5-12H2,1H3,(H2,16,19). The molecule has 1 aromatic rings. The summed E-state index contributed by atoms with van der Waals surface area (Å²) in [5.41, 5.74) is 6.14. The lowest BCUT2D eigenvalue weighted by Crippen LogP contribution is -2.52. The highest BCUT2D eigenvalue weighted by molar-refractivity contribution is 5.78. The number of nitrogens with two attached hydrogens (primary N) is 1. The molecule has 23 heavy (non-hydrogen) atoms. The van der Waals surface area contributed by atoms with Gasteiger partial charge in [0.1, 0.15) is 0 Å². The van der Waals surface area contributed by atoms with E-state index in [1.807, 2.05) is 6.07 Å². The molecule has 2 saturated heterocycles. The van der Waals surface area contributed by atoms with Crippen molar-refractivity contribution < 1.29 is 4.74 Å². The number of piperazine rings is 1. The Morgan fingerprint density at radius 3 is 2.70 bits per heavy atom. The minimum absolute atomic E-state index is 0.145. The molecule has 2 aliphatic heterocycles. The van der Waals surface area contributed by atoms with Crippen molar-refractivity contribution in [2.75, 3.05) is 64.4 Å². The minimum atomic E-state index is 0.145. The van der Waals surface area contributed by atoms with Crippen LogP contribution in [0.15, 0.2) is 23.5 Å². The third kappa shape index (κ3) is 4.29. The maximum Gasteiger partial charge on any atom is 0.225 e. The van der Waals surface area contributed by atoms with Crippen molar-refractivity contribution >= 4 is 11.9 Å². The summed E-state index contributed by atoms with van der Waals surface area (Å²) in [5, 5.41) is 0. The van der Waals surface area contributed by atoms with Crippen molar-refractivity contribution in [2.45, 2.75) is 6.10 Å². The van der Waals surface area contributed by atoms with E-state index < -0.39 is 0 Å². The molecule has 8 nitrogen and oxygen atoms in total. The van der Waals surface area contributed by atoms with Gasteiger partial charge in [0.2, 0.25) is 5.95 Å². The van der Waals surface area contributed by atoms with Crippen LogP contribution < -0.4 is 10.6 Å². The van der Waals surface area contributed by atoms with Gasteiger partial charge >= 0.3 is 0 Å². The van der Waals surface area contributed by atoms with Gasteiger partial charge in [0, 0.05) is 51.7 Å². The van der Waals surface area contributed by atoms with E-state index in [4.69, 9.17) is 10.5 Å². The molecule has 126 valence electrons. The van der Waals surface area contributed by atoms with Crippen LogP contribution in [0.5, 0.6) is 0 Å². The Bertz CT molecular complexity index is 516. The quantitative estimate of drug-likeness (QED) is 0.579. The Morgan fingerprint density at radius 2 is 2.00 bits per heavy atom. The fraction of sp³-hybridized carbons (Fsp3) is 0.667. The Labute approximate surface area is 137 Å². The fourth-order valence-corrected chi connectivity index (χ4v) is 2.86. The summed E-state index contributed by atoms with van der Waals surface area (Å²) in [6.07, 6.45) is 3.68. The van der Waals surface area contributed by atoms with E-state index >= 15 is 0 Å². The molecule has 0 aromatic carbocycles. The highest BCUT2D eigenvalue weighted by atomic mass is 16.5. The zero-order chi connectivity index (χ0) is 16.1. The molecule has 3 heterocycles. The summed E-state index contributed by atoms with van der Waals surface area (Å²) in [7, 11) is 2.10. The van der Waals surface area contributed by atoms with Crippen molar-refractivity contribution in [1.82, 2.24) is 19.8 Å². The van der Waals surface area contributed by atoms with Gasteiger partial charge in [0.25, 0.3) is 0 Å². The lowest BCUT2D eigenvalue weighted by Gasteiger charge is -2.35. The average molecular weight is 319 g/mol. The monoisotopic (exact) mass is 319 g/mol.